The number of quaternary nitrogens is 2. The number of nitrogens with zero attached hydrogens (tertiary/aromatic N) is 2. The molecule has 0 bridgehead atoms. The van der Waals surface area contributed by atoms with E-state index in [4.69, 9.17) is 0 Å². The summed E-state index contributed by atoms with van der Waals surface area (Å²) in [5.41, 5.74) is 4.61. The maximum atomic E-state index is 11.0. The fraction of sp³-hybridized carbons (Fsp3) is 0.568. The third-order valence-electron chi connectivity index (χ3n) is 8.45. The highest BCUT2D eigenvalue weighted by Gasteiger charge is 2.23. The minimum atomic E-state index is -4.15. The highest BCUT2D eigenvalue weighted by molar-refractivity contribution is 7.85. The molecule has 2 rings (SSSR count). The van der Waals surface area contributed by atoms with Crippen molar-refractivity contribution in [1.29, 1.82) is 0 Å². The standard InChI is InChI=1S/C23H39NO3S.C14H21NO3S/c1-4-6-7-8-9-10-11-14-18-24(3,19-15-20-28(25,26)27)21-23-17-13-12-16-22(23)5-2;1-4-13-6-8-14(9-7-13)12-15(2,3)10-5-11-19(16,17)18/h5,12-13,16-17H,2,4,6-11,14-15,18-21H2,1,3H3;4,6-9H,1,5,10-12H2,2-3H3. The van der Waals surface area contributed by atoms with Crippen LogP contribution in [0.3, 0.4) is 0 Å². The number of rotatable bonds is 23. The predicted octanol–water partition coefficient (Wildman–Crippen LogP) is 7.19. The molecule has 10 heteroatoms. The third kappa shape index (κ3) is 21.3. The zero-order valence-corrected chi connectivity index (χ0v) is 31.0. The maximum Gasteiger partial charge on any atom is 0.105 e. The first kappa shape index (κ1) is 42.7. The van der Waals surface area contributed by atoms with Crippen molar-refractivity contribution in [2.24, 2.45) is 0 Å². The molecule has 0 aliphatic carbocycles. The van der Waals surface area contributed by atoms with Gasteiger partial charge in [-0.3, -0.25) is 0 Å². The van der Waals surface area contributed by atoms with Crippen LogP contribution in [0.4, 0.5) is 0 Å². The topological polar surface area (TPSA) is 114 Å². The van der Waals surface area contributed by atoms with Gasteiger partial charge in [0.25, 0.3) is 0 Å². The van der Waals surface area contributed by atoms with Gasteiger partial charge in [0.2, 0.25) is 0 Å². The molecule has 266 valence electrons. The first-order valence-corrected chi connectivity index (χ1v) is 20.1. The lowest BCUT2D eigenvalue weighted by atomic mass is 10.0. The normalized spacial score (nSPS) is 13.3. The molecule has 0 saturated carbocycles. The van der Waals surface area contributed by atoms with E-state index >= 15 is 0 Å². The maximum absolute atomic E-state index is 11.0. The summed E-state index contributed by atoms with van der Waals surface area (Å²) in [5.74, 6) is -0.564. The van der Waals surface area contributed by atoms with E-state index < -0.39 is 20.2 Å². The van der Waals surface area contributed by atoms with Gasteiger partial charge in [-0.1, -0.05) is 119 Å². The van der Waals surface area contributed by atoms with E-state index in [9.17, 15) is 25.9 Å². The first-order chi connectivity index (χ1) is 22.0. The van der Waals surface area contributed by atoms with Crippen LogP contribution in [-0.2, 0) is 33.3 Å². The zero-order valence-electron chi connectivity index (χ0n) is 29.4. The molecule has 0 radical (unpaired) electrons. The molecule has 47 heavy (non-hydrogen) atoms. The SMILES string of the molecule is C=Cc1ccc(C[N+](C)(C)CCCS(=O)(=O)[O-])cc1.C=Cc1ccccc1C[N+](C)(CCCCCCCCCC)CCCS(=O)(=O)[O-]. The Labute approximate surface area is 286 Å². The molecule has 1 unspecified atom stereocenters. The lowest BCUT2D eigenvalue weighted by molar-refractivity contribution is -0.922. The van der Waals surface area contributed by atoms with E-state index in [1.807, 2.05) is 56.6 Å². The molecule has 0 heterocycles. The Hall–Kier alpha value is -2.34. The third-order valence-corrected chi connectivity index (χ3v) is 10.0. The molecule has 0 spiro atoms. The Morgan fingerprint density at radius 2 is 1.15 bits per heavy atom. The van der Waals surface area contributed by atoms with Crippen LogP contribution in [0, 0.1) is 0 Å². The van der Waals surface area contributed by atoms with Crippen molar-refractivity contribution in [3.05, 3.63) is 83.9 Å². The van der Waals surface area contributed by atoms with Crippen LogP contribution in [0.15, 0.2) is 61.7 Å². The van der Waals surface area contributed by atoms with Gasteiger partial charge in [-0.25, -0.2) is 16.8 Å². The molecule has 2 aromatic rings. The molecule has 2 aromatic carbocycles. The predicted molar refractivity (Wildman–Crippen MR) is 194 cm³/mol. The van der Waals surface area contributed by atoms with E-state index in [-0.39, 0.29) is 11.5 Å². The van der Waals surface area contributed by atoms with Crippen molar-refractivity contribution < 1.29 is 34.9 Å². The average molecular weight is 693 g/mol. The zero-order chi connectivity index (χ0) is 35.4. The second-order valence-electron chi connectivity index (χ2n) is 13.6. The fourth-order valence-electron chi connectivity index (χ4n) is 5.81. The van der Waals surface area contributed by atoms with Gasteiger partial charge < -0.3 is 18.1 Å². The van der Waals surface area contributed by atoms with Crippen LogP contribution >= 0.6 is 0 Å². The molecule has 0 aromatic heterocycles. The van der Waals surface area contributed by atoms with Crippen molar-refractivity contribution in [2.75, 3.05) is 52.3 Å². The van der Waals surface area contributed by atoms with Gasteiger partial charge in [0.1, 0.15) is 13.1 Å². The van der Waals surface area contributed by atoms with E-state index in [1.54, 1.807) is 6.08 Å². The summed E-state index contributed by atoms with van der Waals surface area (Å²) in [5, 5.41) is 0. The smallest absolute Gasteiger partial charge is 0.105 e. The van der Waals surface area contributed by atoms with Crippen molar-refractivity contribution in [1.82, 2.24) is 0 Å². The van der Waals surface area contributed by atoms with Crippen molar-refractivity contribution in [3.8, 4) is 0 Å². The molecule has 0 saturated heterocycles. The second kappa shape index (κ2) is 21.6. The van der Waals surface area contributed by atoms with Crippen molar-refractivity contribution in [2.45, 2.75) is 84.2 Å². The van der Waals surface area contributed by atoms with E-state index in [0.29, 0.717) is 30.4 Å². The Bertz CT molecular complexity index is 1410. The van der Waals surface area contributed by atoms with Crippen molar-refractivity contribution in [3.63, 3.8) is 0 Å². The summed E-state index contributed by atoms with van der Waals surface area (Å²) in [6.07, 6.45) is 14.7. The Kier molecular flexibility index (Phi) is 19.6. The van der Waals surface area contributed by atoms with Crippen LogP contribution in [-0.4, -0.2) is 87.2 Å². The van der Waals surface area contributed by atoms with Crippen LogP contribution in [0.2, 0.25) is 0 Å². The number of hydrogen-bond acceptors (Lipinski definition) is 6. The fourth-order valence-corrected chi connectivity index (χ4v) is 6.78. The molecule has 0 N–H and O–H groups in total. The van der Waals surface area contributed by atoms with Gasteiger partial charge in [0.05, 0.1) is 61.0 Å². The summed E-state index contributed by atoms with van der Waals surface area (Å²) in [4.78, 5) is 0. The van der Waals surface area contributed by atoms with Crippen molar-refractivity contribution >= 4 is 32.4 Å². The van der Waals surface area contributed by atoms with E-state index in [0.717, 1.165) is 41.7 Å². The molecule has 8 nitrogen and oxygen atoms in total. The van der Waals surface area contributed by atoms with Gasteiger partial charge in [-0.15, -0.1) is 0 Å². The molecule has 0 amide bonds. The monoisotopic (exact) mass is 692 g/mol. The molecule has 0 fully saturated rings. The molecular formula is C37H60N2O6S2. The van der Waals surface area contributed by atoms with Crippen LogP contribution in [0.1, 0.15) is 93.4 Å². The van der Waals surface area contributed by atoms with Gasteiger partial charge in [-0.2, -0.15) is 0 Å². The molecular weight excluding hydrogens is 633 g/mol. The average Bonchev–Trinajstić information content (AvgIpc) is 2.98. The van der Waals surface area contributed by atoms with Crippen LogP contribution in [0.25, 0.3) is 12.2 Å². The number of benzene rings is 2. The van der Waals surface area contributed by atoms with Gasteiger partial charge in [0.15, 0.2) is 0 Å². The van der Waals surface area contributed by atoms with Crippen LogP contribution < -0.4 is 0 Å². The minimum absolute atomic E-state index is 0.276. The lowest BCUT2D eigenvalue weighted by Gasteiger charge is -2.35. The van der Waals surface area contributed by atoms with Gasteiger partial charge >= 0.3 is 0 Å². The Balaban J connectivity index is 0.000000506. The molecule has 0 aliphatic rings. The lowest BCUT2D eigenvalue weighted by Crippen LogP contribution is -2.45. The highest BCUT2D eigenvalue weighted by atomic mass is 32.2. The number of hydrogen-bond donors (Lipinski definition) is 0. The molecule has 0 aliphatic heterocycles. The first-order valence-electron chi connectivity index (χ1n) is 17.0. The molecule has 1 atom stereocenters. The van der Waals surface area contributed by atoms with Gasteiger partial charge in [0, 0.05) is 35.5 Å². The highest BCUT2D eigenvalue weighted by Crippen LogP contribution is 2.20. The Morgan fingerprint density at radius 1 is 0.638 bits per heavy atom. The number of unbranched alkanes of at least 4 members (excludes halogenated alkanes) is 7. The largest absolute Gasteiger partial charge is 0.748 e. The van der Waals surface area contributed by atoms with Crippen LogP contribution in [0.5, 0.6) is 0 Å². The van der Waals surface area contributed by atoms with Gasteiger partial charge in [-0.05, 0) is 24.0 Å². The summed E-state index contributed by atoms with van der Waals surface area (Å²) in [6.45, 7) is 13.8. The second-order valence-corrected chi connectivity index (χ2v) is 16.6. The summed E-state index contributed by atoms with van der Waals surface area (Å²) in [7, 11) is -2.02. The summed E-state index contributed by atoms with van der Waals surface area (Å²) >= 11 is 0. The summed E-state index contributed by atoms with van der Waals surface area (Å²) < 4.78 is 66.2. The quantitative estimate of drug-likeness (QED) is 0.0692. The minimum Gasteiger partial charge on any atom is -0.748 e. The Morgan fingerprint density at radius 3 is 1.68 bits per heavy atom. The summed E-state index contributed by atoms with van der Waals surface area (Å²) in [6, 6.07) is 16.3. The van der Waals surface area contributed by atoms with E-state index in [1.165, 1.54) is 56.1 Å². The van der Waals surface area contributed by atoms with E-state index in [2.05, 4.69) is 39.3 Å².